The Morgan fingerprint density at radius 1 is 1.11 bits per heavy atom. The molecule has 4 aromatic rings. The molecular weight excluding hydrogens is 362 g/mol. The average molecular weight is 377 g/mol. The lowest BCUT2D eigenvalue weighted by atomic mass is 10.1. The number of hydrogen-bond donors (Lipinski definition) is 1. The quantitative estimate of drug-likeness (QED) is 0.572. The zero-order valence-electron chi connectivity index (χ0n) is 14.4. The van der Waals surface area contributed by atoms with Crippen molar-refractivity contribution in [3.05, 3.63) is 70.3 Å². The second-order valence-electron chi connectivity index (χ2n) is 5.87. The van der Waals surface area contributed by atoms with Crippen LogP contribution in [0.15, 0.2) is 58.7 Å². The minimum atomic E-state index is -0.235. The highest BCUT2D eigenvalue weighted by atomic mass is 32.1. The third kappa shape index (κ3) is 3.90. The van der Waals surface area contributed by atoms with Gasteiger partial charge in [0.2, 0.25) is 5.82 Å². The van der Waals surface area contributed by atoms with Crippen LogP contribution in [0.2, 0.25) is 0 Å². The maximum atomic E-state index is 12.3. The monoisotopic (exact) mass is 377 g/mol. The number of carbonyl (C=O) groups excluding carboxylic acids is 1. The van der Waals surface area contributed by atoms with Gasteiger partial charge in [0.05, 0.1) is 0 Å². The van der Waals surface area contributed by atoms with Gasteiger partial charge in [-0.25, -0.2) is 4.98 Å². The third-order valence-corrected chi connectivity index (χ3v) is 4.70. The zero-order valence-corrected chi connectivity index (χ0v) is 15.2. The smallest absolute Gasteiger partial charge is 0.280 e. The standard InChI is InChI=1S/C19H15N5O2S/c1-12-2-4-13(5-3-12)10-21-17(25)19-22-15(11-27-19)18-23-16(24-26-18)14-6-8-20-9-7-14/h2-9,11H,10H2,1H3,(H,21,25). The lowest BCUT2D eigenvalue weighted by Crippen LogP contribution is -2.22. The van der Waals surface area contributed by atoms with E-state index in [0.717, 1.165) is 11.1 Å². The summed E-state index contributed by atoms with van der Waals surface area (Å²) in [4.78, 5) is 24.9. The molecule has 3 heterocycles. The van der Waals surface area contributed by atoms with Gasteiger partial charge in [-0.15, -0.1) is 11.3 Å². The molecule has 0 aliphatic rings. The van der Waals surface area contributed by atoms with Crippen molar-refractivity contribution in [3.8, 4) is 23.0 Å². The van der Waals surface area contributed by atoms with Crippen molar-refractivity contribution in [2.24, 2.45) is 0 Å². The van der Waals surface area contributed by atoms with Gasteiger partial charge in [0.15, 0.2) is 5.01 Å². The summed E-state index contributed by atoms with van der Waals surface area (Å²) < 4.78 is 5.27. The maximum Gasteiger partial charge on any atom is 0.280 e. The number of thiazole rings is 1. The van der Waals surface area contributed by atoms with E-state index in [2.05, 4.69) is 25.4 Å². The van der Waals surface area contributed by atoms with Crippen LogP contribution in [0.25, 0.3) is 23.0 Å². The number of nitrogens with one attached hydrogen (secondary N) is 1. The molecule has 1 aromatic carbocycles. The van der Waals surface area contributed by atoms with Gasteiger partial charge in [0, 0.05) is 29.9 Å². The van der Waals surface area contributed by atoms with Crippen LogP contribution >= 0.6 is 11.3 Å². The Hall–Kier alpha value is -3.39. The number of rotatable bonds is 5. The molecule has 0 radical (unpaired) electrons. The molecule has 0 atom stereocenters. The molecule has 0 aliphatic carbocycles. The summed E-state index contributed by atoms with van der Waals surface area (Å²) >= 11 is 1.23. The number of pyridine rings is 1. The van der Waals surface area contributed by atoms with Crippen LogP contribution in [0.4, 0.5) is 0 Å². The number of aromatic nitrogens is 4. The number of aryl methyl sites for hydroxylation is 1. The zero-order chi connectivity index (χ0) is 18.6. The van der Waals surface area contributed by atoms with Crippen molar-refractivity contribution in [2.75, 3.05) is 0 Å². The summed E-state index contributed by atoms with van der Waals surface area (Å²) in [5.41, 5.74) is 3.49. The number of hydrogen-bond acceptors (Lipinski definition) is 7. The van der Waals surface area contributed by atoms with Crippen molar-refractivity contribution in [1.82, 2.24) is 25.4 Å². The highest BCUT2D eigenvalue weighted by molar-refractivity contribution is 7.12. The van der Waals surface area contributed by atoms with E-state index >= 15 is 0 Å². The second kappa shape index (κ2) is 7.46. The molecule has 0 spiro atoms. The van der Waals surface area contributed by atoms with Crippen molar-refractivity contribution in [1.29, 1.82) is 0 Å². The van der Waals surface area contributed by atoms with E-state index in [-0.39, 0.29) is 11.8 Å². The first kappa shape index (κ1) is 17.0. The van der Waals surface area contributed by atoms with Crippen LogP contribution < -0.4 is 5.32 Å². The van der Waals surface area contributed by atoms with Gasteiger partial charge in [0.1, 0.15) is 5.69 Å². The third-order valence-electron chi connectivity index (χ3n) is 3.86. The molecule has 27 heavy (non-hydrogen) atoms. The first-order valence-corrected chi connectivity index (χ1v) is 9.11. The van der Waals surface area contributed by atoms with E-state index < -0.39 is 0 Å². The van der Waals surface area contributed by atoms with Crippen molar-refractivity contribution < 1.29 is 9.32 Å². The highest BCUT2D eigenvalue weighted by Gasteiger charge is 2.17. The summed E-state index contributed by atoms with van der Waals surface area (Å²) in [6.45, 7) is 2.47. The normalized spacial score (nSPS) is 10.7. The summed E-state index contributed by atoms with van der Waals surface area (Å²) in [5.74, 6) is 0.488. The van der Waals surface area contributed by atoms with E-state index in [4.69, 9.17) is 4.52 Å². The average Bonchev–Trinajstić information content (AvgIpc) is 3.37. The molecule has 1 N–H and O–H groups in total. The Kier molecular flexibility index (Phi) is 4.71. The Labute approximate surface area is 159 Å². The first-order valence-electron chi connectivity index (χ1n) is 8.23. The minimum Gasteiger partial charge on any atom is -0.346 e. The van der Waals surface area contributed by atoms with Gasteiger partial charge in [0.25, 0.3) is 11.8 Å². The number of amides is 1. The van der Waals surface area contributed by atoms with E-state index in [9.17, 15) is 4.79 Å². The summed E-state index contributed by atoms with van der Waals surface area (Å²) in [6, 6.07) is 11.6. The second-order valence-corrected chi connectivity index (χ2v) is 6.72. The van der Waals surface area contributed by atoms with Crippen LogP contribution in [0.1, 0.15) is 20.9 Å². The predicted molar refractivity (Wildman–Crippen MR) is 101 cm³/mol. The Bertz CT molecular complexity index is 1060. The predicted octanol–water partition coefficient (Wildman–Crippen LogP) is 3.49. The Balaban J connectivity index is 1.44. The lowest BCUT2D eigenvalue weighted by molar-refractivity contribution is 0.0950. The molecule has 0 saturated carbocycles. The van der Waals surface area contributed by atoms with Crippen LogP contribution in [0, 0.1) is 6.92 Å². The summed E-state index contributed by atoms with van der Waals surface area (Å²) in [5, 5.41) is 8.89. The fraction of sp³-hybridized carbons (Fsp3) is 0.105. The van der Waals surface area contributed by atoms with E-state index in [1.54, 1.807) is 29.9 Å². The lowest BCUT2D eigenvalue weighted by Gasteiger charge is -2.03. The van der Waals surface area contributed by atoms with Crippen LogP contribution in [-0.2, 0) is 6.54 Å². The van der Waals surface area contributed by atoms with Gasteiger partial charge in [-0.05, 0) is 24.6 Å². The van der Waals surface area contributed by atoms with E-state index in [1.165, 1.54) is 16.9 Å². The molecule has 0 saturated heterocycles. The van der Waals surface area contributed by atoms with Crippen molar-refractivity contribution in [2.45, 2.75) is 13.5 Å². The van der Waals surface area contributed by atoms with E-state index in [1.807, 2.05) is 31.2 Å². The summed E-state index contributed by atoms with van der Waals surface area (Å²) in [6.07, 6.45) is 3.31. The fourth-order valence-corrected chi connectivity index (χ4v) is 3.09. The number of carbonyl (C=O) groups is 1. The van der Waals surface area contributed by atoms with Gasteiger partial charge >= 0.3 is 0 Å². The van der Waals surface area contributed by atoms with Crippen LogP contribution in [0.3, 0.4) is 0 Å². The molecule has 0 aliphatic heterocycles. The maximum absolute atomic E-state index is 12.3. The molecule has 8 heteroatoms. The first-order chi connectivity index (χ1) is 13.2. The highest BCUT2D eigenvalue weighted by Crippen LogP contribution is 2.23. The number of nitrogens with zero attached hydrogens (tertiary/aromatic N) is 4. The van der Waals surface area contributed by atoms with Crippen molar-refractivity contribution in [3.63, 3.8) is 0 Å². The fourth-order valence-electron chi connectivity index (χ4n) is 2.39. The molecule has 4 rings (SSSR count). The van der Waals surface area contributed by atoms with Gasteiger partial charge in [-0.1, -0.05) is 35.0 Å². The van der Waals surface area contributed by atoms with Gasteiger partial charge in [-0.2, -0.15) is 4.98 Å². The molecular formula is C19H15N5O2S. The summed E-state index contributed by atoms with van der Waals surface area (Å²) in [7, 11) is 0. The molecule has 3 aromatic heterocycles. The Morgan fingerprint density at radius 2 is 1.89 bits per heavy atom. The van der Waals surface area contributed by atoms with Crippen LogP contribution in [-0.4, -0.2) is 26.0 Å². The van der Waals surface area contributed by atoms with Gasteiger partial charge < -0.3 is 9.84 Å². The molecule has 134 valence electrons. The van der Waals surface area contributed by atoms with Crippen molar-refractivity contribution >= 4 is 17.2 Å². The molecule has 7 nitrogen and oxygen atoms in total. The largest absolute Gasteiger partial charge is 0.346 e. The molecule has 0 bridgehead atoms. The van der Waals surface area contributed by atoms with E-state index in [0.29, 0.717) is 23.1 Å². The molecule has 1 amide bonds. The Morgan fingerprint density at radius 3 is 2.67 bits per heavy atom. The van der Waals surface area contributed by atoms with Gasteiger partial charge in [-0.3, -0.25) is 9.78 Å². The van der Waals surface area contributed by atoms with Crippen LogP contribution in [0.5, 0.6) is 0 Å². The molecule has 0 unspecified atom stereocenters. The minimum absolute atomic E-state index is 0.235. The topological polar surface area (TPSA) is 93.8 Å². The number of benzene rings is 1. The SMILES string of the molecule is Cc1ccc(CNC(=O)c2nc(-c3nc(-c4ccncc4)no3)cs2)cc1. The molecule has 0 fully saturated rings.